The number of carbonyl (C=O) groups is 1. The van der Waals surface area contributed by atoms with Crippen molar-refractivity contribution in [2.75, 3.05) is 43.1 Å². The van der Waals surface area contributed by atoms with E-state index in [0.29, 0.717) is 0 Å². The molecule has 3 heterocycles. The quantitative estimate of drug-likeness (QED) is 0.658. The number of piperazine rings is 1. The van der Waals surface area contributed by atoms with Crippen LogP contribution in [0.4, 0.5) is 11.6 Å². The highest BCUT2D eigenvalue weighted by Gasteiger charge is 2.20. The molecule has 8 nitrogen and oxygen atoms in total. The molecule has 0 atom stereocenters. The van der Waals surface area contributed by atoms with Gasteiger partial charge < -0.3 is 14.5 Å². The van der Waals surface area contributed by atoms with Crippen LogP contribution in [0.3, 0.4) is 0 Å². The number of hydrogen-bond donors (Lipinski definition) is 0. The fraction of sp³-hybridized carbons (Fsp3) is 0.278. The second-order valence-electron chi connectivity index (χ2n) is 5.96. The number of para-hydroxylation sites is 2. The standard InChI is InChI=1S/C18H18N6O2/c1-26-18(25)15-6-7-16(22-21-15)23-8-10-24(11-9-23)17-12-19-13-4-2-3-5-14(13)20-17/h2-7,12H,8-11H2,1H3. The highest BCUT2D eigenvalue weighted by molar-refractivity contribution is 5.87. The molecule has 132 valence electrons. The summed E-state index contributed by atoms with van der Waals surface area (Å²) >= 11 is 0. The third kappa shape index (κ3) is 3.13. The number of rotatable bonds is 3. The number of methoxy groups -OCH3 is 1. The van der Waals surface area contributed by atoms with Gasteiger partial charge in [-0.25, -0.2) is 9.78 Å². The van der Waals surface area contributed by atoms with Crippen molar-refractivity contribution in [3.05, 3.63) is 48.3 Å². The van der Waals surface area contributed by atoms with Crippen molar-refractivity contribution >= 4 is 28.6 Å². The number of fused-ring (bicyclic) bond motifs is 1. The second kappa shape index (κ2) is 6.91. The number of nitrogens with zero attached hydrogens (tertiary/aromatic N) is 6. The normalized spacial score (nSPS) is 14.5. The van der Waals surface area contributed by atoms with Gasteiger partial charge in [0.15, 0.2) is 11.5 Å². The van der Waals surface area contributed by atoms with E-state index in [2.05, 4.69) is 29.7 Å². The molecule has 0 unspecified atom stereocenters. The summed E-state index contributed by atoms with van der Waals surface area (Å²) in [6.07, 6.45) is 1.82. The van der Waals surface area contributed by atoms with Gasteiger partial charge in [-0.05, 0) is 24.3 Å². The lowest BCUT2D eigenvalue weighted by Gasteiger charge is -2.35. The van der Waals surface area contributed by atoms with Crippen LogP contribution in [0.1, 0.15) is 10.5 Å². The number of anilines is 2. The van der Waals surface area contributed by atoms with Crippen molar-refractivity contribution in [1.82, 2.24) is 20.2 Å². The number of benzene rings is 1. The Balaban J connectivity index is 1.44. The summed E-state index contributed by atoms with van der Waals surface area (Å²) in [6, 6.07) is 11.3. The Bertz CT molecular complexity index is 922. The molecule has 1 saturated heterocycles. The molecule has 1 fully saturated rings. The monoisotopic (exact) mass is 350 g/mol. The number of hydrogen-bond acceptors (Lipinski definition) is 8. The lowest BCUT2D eigenvalue weighted by molar-refractivity contribution is 0.0592. The van der Waals surface area contributed by atoms with E-state index in [1.54, 1.807) is 12.1 Å². The summed E-state index contributed by atoms with van der Waals surface area (Å²) in [4.78, 5) is 25.0. The molecule has 3 aromatic rings. The minimum atomic E-state index is -0.483. The smallest absolute Gasteiger partial charge is 0.358 e. The second-order valence-corrected chi connectivity index (χ2v) is 5.96. The zero-order valence-corrected chi connectivity index (χ0v) is 14.4. The van der Waals surface area contributed by atoms with Crippen LogP contribution in [0.2, 0.25) is 0 Å². The molecule has 0 amide bonds. The topological polar surface area (TPSA) is 84.3 Å². The van der Waals surface area contributed by atoms with Gasteiger partial charge in [0.1, 0.15) is 5.82 Å². The fourth-order valence-corrected chi connectivity index (χ4v) is 2.97. The largest absolute Gasteiger partial charge is 0.464 e. The third-order valence-electron chi connectivity index (χ3n) is 4.41. The van der Waals surface area contributed by atoms with E-state index in [9.17, 15) is 4.79 Å². The molecular formula is C18H18N6O2. The van der Waals surface area contributed by atoms with Crippen molar-refractivity contribution in [2.45, 2.75) is 0 Å². The molecule has 0 radical (unpaired) electrons. The number of aromatic nitrogens is 4. The lowest BCUT2D eigenvalue weighted by Crippen LogP contribution is -2.47. The molecular weight excluding hydrogens is 332 g/mol. The first kappa shape index (κ1) is 16.2. The average Bonchev–Trinajstić information content (AvgIpc) is 2.73. The van der Waals surface area contributed by atoms with E-state index in [1.807, 2.05) is 30.5 Å². The van der Waals surface area contributed by atoms with Crippen LogP contribution in [0.25, 0.3) is 11.0 Å². The fourth-order valence-electron chi connectivity index (χ4n) is 2.97. The lowest BCUT2D eigenvalue weighted by atomic mass is 10.3. The van der Waals surface area contributed by atoms with Crippen LogP contribution in [0, 0.1) is 0 Å². The Hall–Kier alpha value is -3.29. The van der Waals surface area contributed by atoms with Gasteiger partial charge in [-0.2, -0.15) is 0 Å². The van der Waals surface area contributed by atoms with Crippen molar-refractivity contribution in [3.63, 3.8) is 0 Å². The van der Waals surface area contributed by atoms with E-state index in [4.69, 9.17) is 4.98 Å². The molecule has 0 aliphatic carbocycles. The van der Waals surface area contributed by atoms with Crippen LogP contribution in [-0.4, -0.2) is 59.4 Å². The molecule has 4 rings (SSSR count). The van der Waals surface area contributed by atoms with Crippen LogP contribution in [-0.2, 0) is 4.74 Å². The highest BCUT2D eigenvalue weighted by Crippen LogP contribution is 2.19. The summed E-state index contributed by atoms with van der Waals surface area (Å²) in [6.45, 7) is 3.21. The maximum Gasteiger partial charge on any atom is 0.358 e. The predicted octanol–water partition coefficient (Wildman–Crippen LogP) is 1.53. The first-order valence-electron chi connectivity index (χ1n) is 8.38. The SMILES string of the molecule is COC(=O)c1ccc(N2CCN(c3cnc4ccccc4n3)CC2)nn1. The minimum absolute atomic E-state index is 0.210. The molecule has 26 heavy (non-hydrogen) atoms. The zero-order chi connectivity index (χ0) is 17.9. The van der Waals surface area contributed by atoms with Gasteiger partial charge in [-0.15, -0.1) is 10.2 Å². The first-order valence-corrected chi connectivity index (χ1v) is 8.38. The Labute approximate surface area is 150 Å². The van der Waals surface area contributed by atoms with E-state index >= 15 is 0 Å². The Morgan fingerprint density at radius 2 is 1.62 bits per heavy atom. The molecule has 0 saturated carbocycles. The first-order chi connectivity index (χ1) is 12.7. The molecule has 8 heteroatoms. The summed E-state index contributed by atoms with van der Waals surface area (Å²) in [7, 11) is 1.33. The number of ether oxygens (including phenoxy) is 1. The molecule has 0 bridgehead atoms. The Morgan fingerprint density at radius 1 is 0.923 bits per heavy atom. The van der Waals surface area contributed by atoms with Crippen molar-refractivity contribution in [3.8, 4) is 0 Å². The van der Waals surface area contributed by atoms with Gasteiger partial charge in [0.25, 0.3) is 0 Å². The van der Waals surface area contributed by atoms with Gasteiger partial charge in [0.05, 0.1) is 24.3 Å². The Kier molecular flexibility index (Phi) is 4.30. The van der Waals surface area contributed by atoms with Gasteiger partial charge in [0.2, 0.25) is 0 Å². The molecule has 1 aliphatic heterocycles. The van der Waals surface area contributed by atoms with E-state index in [0.717, 1.165) is 48.8 Å². The number of esters is 1. The predicted molar refractivity (Wildman–Crippen MR) is 97.3 cm³/mol. The Morgan fingerprint density at radius 3 is 2.27 bits per heavy atom. The van der Waals surface area contributed by atoms with E-state index < -0.39 is 5.97 Å². The molecule has 1 aliphatic rings. The summed E-state index contributed by atoms with van der Waals surface area (Å²) < 4.78 is 4.64. The highest BCUT2D eigenvalue weighted by atomic mass is 16.5. The van der Waals surface area contributed by atoms with E-state index in [-0.39, 0.29) is 5.69 Å². The van der Waals surface area contributed by atoms with Crippen molar-refractivity contribution in [2.24, 2.45) is 0 Å². The maximum atomic E-state index is 11.4. The molecule has 2 aromatic heterocycles. The van der Waals surface area contributed by atoms with Crippen molar-refractivity contribution in [1.29, 1.82) is 0 Å². The maximum absolute atomic E-state index is 11.4. The summed E-state index contributed by atoms with van der Waals surface area (Å²) in [5.74, 6) is 1.15. The zero-order valence-electron chi connectivity index (χ0n) is 14.4. The molecule has 1 aromatic carbocycles. The number of carbonyl (C=O) groups excluding carboxylic acids is 1. The summed E-state index contributed by atoms with van der Waals surface area (Å²) in [5, 5.41) is 8.07. The third-order valence-corrected chi connectivity index (χ3v) is 4.41. The van der Waals surface area contributed by atoms with Crippen LogP contribution < -0.4 is 9.80 Å². The average molecular weight is 350 g/mol. The van der Waals surface area contributed by atoms with Crippen molar-refractivity contribution < 1.29 is 9.53 Å². The van der Waals surface area contributed by atoms with Gasteiger partial charge >= 0.3 is 5.97 Å². The summed E-state index contributed by atoms with van der Waals surface area (Å²) in [5.41, 5.74) is 2.01. The molecule has 0 spiro atoms. The van der Waals surface area contributed by atoms with E-state index in [1.165, 1.54) is 7.11 Å². The minimum Gasteiger partial charge on any atom is -0.464 e. The van der Waals surface area contributed by atoms with Crippen LogP contribution in [0.5, 0.6) is 0 Å². The van der Waals surface area contributed by atoms with Crippen LogP contribution >= 0.6 is 0 Å². The van der Waals surface area contributed by atoms with Crippen LogP contribution in [0.15, 0.2) is 42.6 Å². The molecule has 0 N–H and O–H groups in total. The van der Waals surface area contributed by atoms with Gasteiger partial charge in [0, 0.05) is 26.2 Å². The van der Waals surface area contributed by atoms with Gasteiger partial charge in [-0.3, -0.25) is 4.98 Å². The van der Waals surface area contributed by atoms with Gasteiger partial charge in [-0.1, -0.05) is 12.1 Å².